The molecule has 0 spiro atoms. The van der Waals surface area contributed by atoms with Gasteiger partial charge in [0.15, 0.2) is 23.2 Å². The minimum atomic E-state index is -1.16. The second-order valence-electron chi connectivity index (χ2n) is 8.12. The first-order valence-corrected chi connectivity index (χ1v) is 12.4. The molecule has 200 valence electrons. The molecule has 1 saturated heterocycles. The molecule has 3 rings (SSSR count). The van der Waals surface area contributed by atoms with Gasteiger partial charge in [-0.2, -0.15) is 0 Å². The number of carbonyl (C=O) groups excluding carboxylic acids is 4. The molecule has 0 bridgehead atoms. The lowest BCUT2D eigenvalue weighted by Gasteiger charge is -2.44. The van der Waals surface area contributed by atoms with E-state index in [1.165, 1.54) is 27.7 Å². The summed E-state index contributed by atoms with van der Waals surface area (Å²) in [5.41, 5.74) is -0.0833. The quantitative estimate of drug-likeness (QED) is 0.360. The van der Waals surface area contributed by atoms with Crippen molar-refractivity contribution in [1.29, 1.82) is 0 Å². The molecule has 2 aromatic heterocycles. The molecule has 5 atom stereocenters. The Hall–Kier alpha value is -3.52. The summed E-state index contributed by atoms with van der Waals surface area (Å²) in [5, 5.41) is 11.8. The van der Waals surface area contributed by atoms with Gasteiger partial charge in [0.1, 0.15) is 24.2 Å². The van der Waals surface area contributed by atoms with Gasteiger partial charge in [0, 0.05) is 52.2 Å². The molecular formula is C23H29N5O8S. The Labute approximate surface area is 217 Å². The third kappa shape index (κ3) is 7.26. The smallest absolute Gasteiger partial charge is 0.303 e. The van der Waals surface area contributed by atoms with Crippen molar-refractivity contribution >= 4 is 35.6 Å². The maximum atomic E-state index is 12.1. The molecular weight excluding hydrogens is 506 g/mol. The van der Waals surface area contributed by atoms with E-state index in [1.54, 1.807) is 24.5 Å². The lowest BCUT2D eigenvalue weighted by Crippen LogP contribution is -2.65. The van der Waals surface area contributed by atoms with Crippen LogP contribution in [0, 0.1) is 0 Å². The van der Waals surface area contributed by atoms with Crippen molar-refractivity contribution in [2.75, 3.05) is 6.61 Å². The van der Waals surface area contributed by atoms with E-state index in [-0.39, 0.29) is 6.61 Å². The molecule has 0 saturated carbocycles. The lowest BCUT2D eigenvalue weighted by molar-refractivity contribution is -0.211. The van der Waals surface area contributed by atoms with Crippen LogP contribution in [0.3, 0.4) is 0 Å². The number of amides is 1. The Morgan fingerprint density at radius 3 is 2.22 bits per heavy atom. The van der Waals surface area contributed by atoms with E-state index in [0.29, 0.717) is 17.5 Å². The van der Waals surface area contributed by atoms with Crippen LogP contribution in [0.15, 0.2) is 29.7 Å². The average molecular weight is 536 g/mol. The molecule has 13 nitrogen and oxygen atoms in total. The van der Waals surface area contributed by atoms with Crippen LogP contribution in [0.4, 0.5) is 0 Å². The van der Waals surface area contributed by atoms with Gasteiger partial charge >= 0.3 is 17.9 Å². The van der Waals surface area contributed by atoms with Gasteiger partial charge in [-0.1, -0.05) is 11.8 Å². The van der Waals surface area contributed by atoms with Gasteiger partial charge in [-0.15, -0.1) is 10.2 Å². The van der Waals surface area contributed by atoms with Gasteiger partial charge in [0.2, 0.25) is 5.91 Å². The Morgan fingerprint density at radius 2 is 1.65 bits per heavy atom. The largest absolute Gasteiger partial charge is 0.463 e. The van der Waals surface area contributed by atoms with Crippen molar-refractivity contribution in [1.82, 2.24) is 25.1 Å². The van der Waals surface area contributed by atoms with Crippen LogP contribution in [0.2, 0.25) is 0 Å². The van der Waals surface area contributed by atoms with E-state index in [0.717, 1.165) is 17.3 Å². The summed E-state index contributed by atoms with van der Waals surface area (Å²) in [7, 11) is 0. The molecule has 0 aliphatic carbocycles. The fraction of sp³-hybridized carbons (Fsp3) is 0.522. The highest BCUT2D eigenvalue weighted by Crippen LogP contribution is 2.36. The van der Waals surface area contributed by atoms with Crippen LogP contribution in [-0.4, -0.2) is 80.0 Å². The standard InChI is InChI=1S/C23H29N5O8S/c1-6-28-21(16-7-9-24-10-8-16)26-27-23(28)37-22-18(25-12(2)29)20(35-15(5)32)19(34-14(4)31)17(36-22)11-33-13(3)30/h7-10,17-20,22H,6,11H2,1-5H3,(H,25,29)/t17?,18-,19-,20?,22?/m1/s1. The molecule has 1 aliphatic heterocycles. The highest BCUT2D eigenvalue weighted by Gasteiger charge is 2.51. The van der Waals surface area contributed by atoms with Gasteiger partial charge in [-0.05, 0) is 19.1 Å². The SMILES string of the molecule is CCn1c(SC2OC(COC(C)=O)[C@@H](OC(C)=O)C(OC(C)=O)[C@H]2NC(C)=O)nnc1-c1ccncc1. The number of hydrogen-bond donors (Lipinski definition) is 1. The van der Waals surface area contributed by atoms with E-state index in [1.807, 2.05) is 11.5 Å². The summed E-state index contributed by atoms with van der Waals surface area (Å²) in [5.74, 6) is -1.73. The number of nitrogens with zero attached hydrogens (tertiary/aromatic N) is 4. The van der Waals surface area contributed by atoms with Crippen molar-refractivity contribution < 1.29 is 38.1 Å². The molecule has 14 heteroatoms. The Kier molecular flexibility index (Phi) is 9.58. The summed E-state index contributed by atoms with van der Waals surface area (Å²) in [6.45, 7) is 7.07. The monoisotopic (exact) mass is 535 g/mol. The van der Waals surface area contributed by atoms with E-state index < -0.39 is 53.6 Å². The molecule has 1 N–H and O–H groups in total. The second-order valence-corrected chi connectivity index (χ2v) is 9.19. The van der Waals surface area contributed by atoms with Gasteiger partial charge in [0.25, 0.3) is 0 Å². The normalized spacial score (nSPS) is 23.1. The molecule has 2 aromatic rings. The molecule has 3 unspecified atom stereocenters. The number of rotatable bonds is 9. The number of ether oxygens (including phenoxy) is 4. The first-order chi connectivity index (χ1) is 17.6. The lowest BCUT2D eigenvalue weighted by atomic mass is 9.97. The van der Waals surface area contributed by atoms with Crippen molar-refractivity contribution in [2.24, 2.45) is 0 Å². The molecule has 1 fully saturated rings. The number of thioether (sulfide) groups is 1. The Bertz CT molecular complexity index is 1130. The number of aromatic nitrogens is 4. The molecule has 3 heterocycles. The van der Waals surface area contributed by atoms with Gasteiger partial charge in [-0.3, -0.25) is 24.2 Å². The summed E-state index contributed by atoms with van der Waals surface area (Å²) in [4.78, 5) is 51.6. The number of hydrogen-bond acceptors (Lipinski definition) is 12. The van der Waals surface area contributed by atoms with E-state index in [9.17, 15) is 19.2 Å². The molecule has 0 aromatic carbocycles. The van der Waals surface area contributed by atoms with Crippen molar-refractivity contribution in [3.63, 3.8) is 0 Å². The fourth-order valence-corrected chi connectivity index (χ4v) is 5.08. The van der Waals surface area contributed by atoms with Crippen LogP contribution < -0.4 is 5.32 Å². The first kappa shape index (κ1) is 28.1. The second kappa shape index (κ2) is 12.6. The molecule has 37 heavy (non-hydrogen) atoms. The summed E-state index contributed by atoms with van der Waals surface area (Å²) < 4.78 is 24.2. The molecule has 1 aliphatic rings. The minimum absolute atomic E-state index is 0.280. The van der Waals surface area contributed by atoms with E-state index >= 15 is 0 Å². The minimum Gasteiger partial charge on any atom is -0.463 e. The summed E-state index contributed by atoms with van der Waals surface area (Å²) in [6, 6.07) is 2.66. The maximum absolute atomic E-state index is 12.1. The van der Waals surface area contributed by atoms with Crippen LogP contribution >= 0.6 is 11.8 Å². The van der Waals surface area contributed by atoms with Crippen LogP contribution in [0.25, 0.3) is 11.4 Å². The maximum Gasteiger partial charge on any atom is 0.303 e. The highest BCUT2D eigenvalue weighted by atomic mass is 32.2. The fourth-order valence-electron chi connectivity index (χ4n) is 3.87. The first-order valence-electron chi connectivity index (χ1n) is 11.5. The van der Waals surface area contributed by atoms with E-state index in [2.05, 4.69) is 20.5 Å². The number of esters is 3. The topological polar surface area (TPSA) is 161 Å². The number of pyridine rings is 1. The third-order valence-electron chi connectivity index (χ3n) is 5.26. The van der Waals surface area contributed by atoms with Gasteiger partial charge in [0.05, 0.1) is 0 Å². The van der Waals surface area contributed by atoms with Gasteiger partial charge in [-0.25, -0.2) is 0 Å². The third-order valence-corrected chi connectivity index (χ3v) is 6.41. The summed E-state index contributed by atoms with van der Waals surface area (Å²) in [6.07, 6.45) is -0.0170. The summed E-state index contributed by atoms with van der Waals surface area (Å²) >= 11 is 1.14. The predicted octanol–water partition coefficient (Wildman–Crippen LogP) is 1.11. The number of carbonyl (C=O) groups is 4. The van der Waals surface area contributed by atoms with Crippen molar-refractivity contribution in [3.8, 4) is 11.4 Å². The van der Waals surface area contributed by atoms with Crippen molar-refractivity contribution in [2.45, 2.75) is 76.1 Å². The van der Waals surface area contributed by atoms with Crippen molar-refractivity contribution in [3.05, 3.63) is 24.5 Å². The van der Waals surface area contributed by atoms with Crippen LogP contribution in [0.1, 0.15) is 34.6 Å². The zero-order valence-corrected chi connectivity index (χ0v) is 21.9. The highest BCUT2D eigenvalue weighted by molar-refractivity contribution is 7.99. The van der Waals surface area contributed by atoms with E-state index in [4.69, 9.17) is 18.9 Å². The zero-order chi connectivity index (χ0) is 27.1. The Morgan fingerprint density at radius 1 is 1.00 bits per heavy atom. The van der Waals surface area contributed by atoms with Gasteiger partial charge < -0.3 is 28.8 Å². The zero-order valence-electron chi connectivity index (χ0n) is 21.1. The molecule has 0 radical (unpaired) electrons. The van der Waals surface area contributed by atoms with Crippen LogP contribution in [0.5, 0.6) is 0 Å². The number of nitrogens with one attached hydrogen (secondary N) is 1. The van der Waals surface area contributed by atoms with Crippen LogP contribution in [-0.2, 0) is 44.7 Å². The predicted molar refractivity (Wildman–Crippen MR) is 129 cm³/mol. The Balaban J connectivity index is 2.02. The molecule has 1 amide bonds. The average Bonchev–Trinajstić information content (AvgIpc) is 3.23.